The summed E-state index contributed by atoms with van der Waals surface area (Å²) in [6.07, 6.45) is 6.32. The van der Waals surface area contributed by atoms with Gasteiger partial charge in [0.2, 0.25) is 0 Å². The second-order valence-electron chi connectivity index (χ2n) is 5.09. The molecule has 2 N–H and O–H groups in total. The molecule has 19 heavy (non-hydrogen) atoms. The molecule has 0 bridgehead atoms. The van der Waals surface area contributed by atoms with Crippen molar-refractivity contribution in [2.45, 2.75) is 39.0 Å². The van der Waals surface area contributed by atoms with Gasteiger partial charge in [-0.3, -0.25) is 0 Å². The molecule has 0 aliphatic heterocycles. The monoisotopic (exact) mass is 301 g/mol. The van der Waals surface area contributed by atoms with E-state index in [1.807, 2.05) is 0 Å². The van der Waals surface area contributed by atoms with E-state index in [-0.39, 0.29) is 0 Å². The summed E-state index contributed by atoms with van der Waals surface area (Å²) >= 11 is 12.3. The molecular formula is C14H21Cl2N3. The van der Waals surface area contributed by atoms with Crippen molar-refractivity contribution in [2.75, 3.05) is 23.7 Å². The smallest absolute Gasteiger partial charge is 0.147 e. The molecule has 1 heterocycles. The molecular weight excluding hydrogens is 281 g/mol. The molecule has 0 spiro atoms. The summed E-state index contributed by atoms with van der Waals surface area (Å²) in [4.78, 5) is 4.46. The fraction of sp³-hybridized carbons (Fsp3) is 0.643. The van der Waals surface area contributed by atoms with Gasteiger partial charge in [-0.25, -0.2) is 4.98 Å². The third-order valence-electron chi connectivity index (χ3n) is 3.25. The van der Waals surface area contributed by atoms with Crippen LogP contribution in [0.4, 0.5) is 11.6 Å². The minimum atomic E-state index is 0.571. The summed E-state index contributed by atoms with van der Waals surface area (Å²) in [6, 6.07) is 1.75. The lowest BCUT2D eigenvalue weighted by Gasteiger charge is -2.12. The van der Waals surface area contributed by atoms with Crippen molar-refractivity contribution in [3.05, 3.63) is 16.1 Å². The van der Waals surface area contributed by atoms with Crippen LogP contribution in [-0.4, -0.2) is 18.1 Å². The van der Waals surface area contributed by atoms with Gasteiger partial charge in [-0.2, -0.15) is 0 Å². The molecule has 0 saturated heterocycles. The average molecular weight is 302 g/mol. The Kier molecular flexibility index (Phi) is 5.59. The molecule has 1 aliphatic carbocycles. The van der Waals surface area contributed by atoms with Gasteiger partial charge in [0.15, 0.2) is 0 Å². The largest absolute Gasteiger partial charge is 0.369 e. The van der Waals surface area contributed by atoms with Crippen molar-refractivity contribution in [3.63, 3.8) is 0 Å². The number of nitrogens with zero attached hydrogens (tertiary/aromatic N) is 1. The highest BCUT2D eigenvalue weighted by molar-refractivity contribution is 6.37. The number of hydrogen-bond acceptors (Lipinski definition) is 3. The Labute approximate surface area is 125 Å². The van der Waals surface area contributed by atoms with Gasteiger partial charge in [0, 0.05) is 13.1 Å². The Morgan fingerprint density at radius 1 is 1.16 bits per heavy atom. The van der Waals surface area contributed by atoms with Crippen LogP contribution in [-0.2, 0) is 0 Å². The van der Waals surface area contributed by atoms with E-state index in [0.717, 1.165) is 31.2 Å². The molecule has 5 heteroatoms. The highest BCUT2D eigenvalue weighted by atomic mass is 35.5. The summed E-state index contributed by atoms with van der Waals surface area (Å²) in [6.45, 7) is 3.88. The lowest BCUT2D eigenvalue weighted by atomic mass is 10.2. The van der Waals surface area contributed by atoms with Crippen LogP contribution in [0.25, 0.3) is 0 Å². The first-order chi connectivity index (χ1) is 9.20. The lowest BCUT2D eigenvalue weighted by Crippen LogP contribution is -2.08. The lowest BCUT2D eigenvalue weighted by molar-refractivity contribution is 0.686. The van der Waals surface area contributed by atoms with E-state index >= 15 is 0 Å². The summed E-state index contributed by atoms with van der Waals surface area (Å²) in [5.74, 6) is 2.40. The number of hydrogen-bond donors (Lipinski definition) is 2. The Balaban J connectivity index is 1.89. The van der Waals surface area contributed by atoms with Gasteiger partial charge in [0.25, 0.3) is 0 Å². The van der Waals surface area contributed by atoms with Crippen LogP contribution in [0.3, 0.4) is 0 Å². The number of pyridine rings is 1. The molecule has 0 amide bonds. The third kappa shape index (κ3) is 4.73. The van der Waals surface area contributed by atoms with Crippen molar-refractivity contribution in [1.29, 1.82) is 0 Å². The normalized spacial score (nSPS) is 14.5. The maximum atomic E-state index is 6.15. The quantitative estimate of drug-likeness (QED) is 0.676. The molecule has 0 radical (unpaired) electrons. The summed E-state index contributed by atoms with van der Waals surface area (Å²) < 4.78 is 0. The zero-order chi connectivity index (χ0) is 13.7. The second kappa shape index (κ2) is 7.20. The van der Waals surface area contributed by atoms with Gasteiger partial charge >= 0.3 is 0 Å². The summed E-state index contributed by atoms with van der Waals surface area (Å²) in [7, 11) is 0. The second-order valence-corrected chi connectivity index (χ2v) is 5.90. The first-order valence-corrected chi connectivity index (χ1v) is 7.80. The minimum Gasteiger partial charge on any atom is -0.369 e. The van der Waals surface area contributed by atoms with Crippen molar-refractivity contribution < 1.29 is 0 Å². The molecule has 0 unspecified atom stereocenters. The molecule has 2 rings (SSSR count). The Hall–Kier alpha value is -0.670. The van der Waals surface area contributed by atoms with E-state index in [0.29, 0.717) is 15.9 Å². The number of rotatable bonds is 8. The highest BCUT2D eigenvalue weighted by Gasteiger charge is 2.20. The summed E-state index contributed by atoms with van der Waals surface area (Å²) in [5, 5.41) is 7.66. The van der Waals surface area contributed by atoms with Crippen LogP contribution in [0.1, 0.15) is 39.0 Å². The number of halogens is 2. The van der Waals surface area contributed by atoms with Gasteiger partial charge in [0.1, 0.15) is 11.6 Å². The summed E-state index contributed by atoms with van der Waals surface area (Å²) in [5.41, 5.74) is 0. The molecule has 0 atom stereocenters. The van der Waals surface area contributed by atoms with Crippen LogP contribution in [0, 0.1) is 5.92 Å². The van der Waals surface area contributed by atoms with Gasteiger partial charge in [-0.15, -0.1) is 0 Å². The molecule has 1 aliphatic rings. The first-order valence-electron chi connectivity index (χ1n) is 7.04. The van der Waals surface area contributed by atoms with Gasteiger partial charge in [-0.1, -0.05) is 43.0 Å². The van der Waals surface area contributed by atoms with Crippen LogP contribution in [0.5, 0.6) is 0 Å². The van der Waals surface area contributed by atoms with E-state index in [1.165, 1.54) is 25.7 Å². The zero-order valence-electron chi connectivity index (χ0n) is 11.3. The fourth-order valence-electron chi connectivity index (χ4n) is 1.96. The van der Waals surface area contributed by atoms with E-state index in [2.05, 4.69) is 22.5 Å². The van der Waals surface area contributed by atoms with E-state index in [4.69, 9.17) is 23.2 Å². The molecule has 1 fully saturated rings. The topological polar surface area (TPSA) is 37.0 Å². The van der Waals surface area contributed by atoms with Gasteiger partial charge < -0.3 is 10.6 Å². The predicted octanol–water partition coefficient (Wildman–Crippen LogP) is 4.81. The first kappa shape index (κ1) is 14.7. The zero-order valence-corrected chi connectivity index (χ0v) is 12.8. The van der Waals surface area contributed by atoms with Crippen LogP contribution in [0.2, 0.25) is 10.0 Å². The van der Waals surface area contributed by atoms with Crippen LogP contribution >= 0.6 is 23.2 Å². The Bertz CT molecular complexity index is 419. The van der Waals surface area contributed by atoms with E-state index in [1.54, 1.807) is 6.07 Å². The fourth-order valence-corrected chi connectivity index (χ4v) is 2.45. The van der Waals surface area contributed by atoms with E-state index in [9.17, 15) is 0 Å². The molecule has 1 aromatic rings. The minimum absolute atomic E-state index is 0.571. The Morgan fingerprint density at radius 3 is 2.37 bits per heavy atom. The van der Waals surface area contributed by atoms with E-state index < -0.39 is 0 Å². The van der Waals surface area contributed by atoms with Crippen molar-refractivity contribution in [2.24, 2.45) is 5.92 Å². The molecule has 0 aromatic carbocycles. The molecule has 106 valence electrons. The molecule has 3 nitrogen and oxygen atoms in total. The molecule has 1 aromatic heterocycles. The third-order valence-corrected chi connectivity index (χ3v) is 3.83. The predicted molar refractivity (Wildman–Crippen MR) is 83.5 cm³/mol. The Morgan fingerprint density at radius 2 is 1.79 bits per heavy atom. The maximum Gasteiger partial charge on any atom is 0.147 e. The van der Waals surface area contributed by atoms with Crippen molar-refractivity contribution >= 4 is 34.8 Å². The maximum absolute atomic E-state index is 6.15. The number of nitrogens with one attached hydrogen (secondary N) is 2. The van der Waals surface area contributed by atoms with Gasteiger partial charge in [-0.05, 0) is 31.2 Å². The van der Waals surface area contributed by atoms with Crippen LogP contribution < -0.4 is 10.6 Å². The van der Waals surface area contributed by atoms with Crippen molar-refractivity contribution in [1.82, 2.24) is 4.98 Å². The van der Waals surface area contributed by atoms with Crippen molar-refractivity contribution in [3.8, 4) is 0 Å². The molecule has 1 saturated carbocycles. The average Bonchev–Trinajstić information content (AvgIpc) is 3.19. The SMILES string of the molecule is CCCNc1nc(NCCCC2CC2)c(Cl)cc1Cl. The van der Waals surface area contributed by atoms with Gasteiger partial charge in [0.05, 0.1) is 10.0 Å². The van der Waals surface area contributed by atoms with Crippen LogP contribution in [0.15, 0.2) is 6.07 Å². The number of aromatic nitrogens is 1. The number of anilines is 2. The standard InChI is InChI=1S/C14H21Cl2N3/c1-2-7-17-13-11(15)9-12(16)14(19-13)18-8-3-4-10-5-6-10/h9-10H,2-8H2,1H3,(H2,17,18,19). The highest BCUT2D eigenvalue weighted by Crippen LogP contribution is 2.33.